The Morgan fingerprint density at radius 1 is 0.230 bits per heavy atom. The van der Waals surface area contributed by atoms with Crippen LogP contribution in [-0.2, 0) is 0 Å². The molecule has 0 saturated carbocycles. The van der Waals surface area contributed by atoms with Crippen LogP contribution in [0.25, 0.3) is 144 Å². The Bertz CT molecular complexity index is 4930. The molecule has 0 bridgehead atoms. The lowest BCUT2D eigenvalue weighted by Gasteiger charge is -2.16. The number of aromatic nitrogens is 8. The molecule has 74 heavy (non-hydrogen) atoms. The number of rotatable bonds is 6. The molecule has 0 N–H and O–H groups in total. The summed E-state index contributed by atoms with van der Waals surface area (Å²) >= 11 is 0. The SMILES string of the molecule is c1ccc(-c2nc(-n3c4ccccc4c4ccc5c6ccccc6n(-c6ccccc6)c5c43)nc3c(-c4ccccc4)nc(-n4c5ccccc5c5c4ccc4c6ccccc6n(-c6ccccc6)c45)nc23)cc1. The second-order valence-corrected chi connectivity index (χ2v) is 19.0. The maximum absolute atomic E-state index is 5.71. The highest BCUT2D eigenvalue weighted by atomic mass is 15.2. The summed E-state index contributed by atoms with van der Waals surface area (Å²) in [4.78, 5) is 22.8. The third-order valence-electron chi connectivity index (χ3n) is 15.0. The molecule has 0 aliphatic rings. The lowest BCUT2D eigenvalue weighted by atomic mass is 10.1. The third kappa shape index (κ3) is 5.73. The smallest absolute Gasteiger partial charge is 0.236 e. The molecule has 16 rings (SSSR count). The Morgan fingerprint density at radius 2 is 0.581 bits per heavy atom. The van der Waals surface area contributed by atoms with Crippen molar-refractivity contribution in [3.63, 3.8) is 0 Å². The van der Waals surface area contributed by atoms with Crippen LogP contribution >= 0.6 is 0 Å². The van der Waals surface area contributed by atoms with E-state index in [9.17, 15) is 0 Å². The first-order valence-electron chi connectivity index (χ1n) is 25.0. The van der Waals surface area contributed by atoms with E-state index in [4.69, 9.17) is 19.9 Å². The molecule has 0 radical (unpaired) electrons. The molecule has 16 aromatic rings. The van der Waals surface area contributed by atoms with Gasteiger partial charge in [-0.2, -0.15) is 0 Å². The van der Waals surface area contributed by atoms with Crippen molar-refractivity contribution in [2.45, 2.75) is 0 Å². The van der Waals surface area contributed by atoms with E-state index in [0.29, 0.717) is 34.3 Å². The first-order chi connectivity index (χ1) is 36.8. The van der Waals surface area contributed by atoms with Gasteiger partial charge < -0.3 is 9.13 Å². The minimum absolute atomic E-state index is 0.529. The van der Waals surface area contributed by atoms with Crippen molar-refractivity contribution in [1.82, 2.24) is 38.2 Å². The summed E-state index contributed by atoms with van der Waals surface area (Å²) in [5.41, 5.74) is 15.3. The van der Waals surface area contributed by atoms with E-state index < -0.39 is 0 Å². The van der Waals surface area contributed by atoms with E-state index in [1.54, 1.807) is 0 Å². The average molecular weight is 945 g/mol. The Morgan fingerprint density at radius 3 is 1.08 bits per heavy atom. The summed E-state index contributed by atoms with van der Waals surface area (Å²) < 4.78 is 9.30. The highest BCUT2D eigenvalue weighted by Crippen LogP contribution is 2.45. The predicted octanol–water partition coefficient (Wildman–Crippen LogP) is 16.1. The summed E-state index contributed by atoms with van der Waals surface area (Å²) in [5.74, 6) is 1.06. The largest absolute Gasteiger partial charge is 0.309 e. The van der Waals surface area contributed by atoms with Crippen molar-refractivity contribution in [3.05, 3.63) is 243 Å². The quantitative estimate of drug-likeness (QED) is 0.166. The number of hydrogen-bond acceptors (Lipinski definition) is 4. The molecule has 0 fully saturated rings. The molecule has 8 nitrogen and oxygen atoms in total. The molecule has 10 aromatic carbocycles. The van der Waals surface area contributed by atoms with Crippen LogP contribution < -0.4 is 0 Å². The highest BCUT2D eigenvalue weighted by Gasteiger charge is 2.27. The van der Waals surface area contributed by atoms with E-state index in [-0.39, 0.29) is 0 Å². The fraction of sp³-hybridized carbons (Fsp3) is 0. The maximum atomic E-state index is 5.71. The Balaban J connectivity index is 1.05. The van der Waals surface area contributed by atoms with Crippen molar-refractivity contribution in [1.29, 1.82) is 0 Å². The van der Waals surface area contributed by atoms with E-state index >= 15 is 0 Å². The first kappa shape index (κ1) is 40.5. The van der Waals surface area contributed by atoms with Crippen molar-refractivity contribution in [3.8, 4) is 45.8 Å². The van der Waals surface area contributed by atoms with Gasteiger partial charge in [0.05, 0.1) is 44.1 Å². The molecule has 8 heteroatoms. The van der Waals surface area contributed by atoms with Crippen LogP contribution in [0, 0.1) is 0 Å². The van der Waals surface area contributed by atoms with Crippen molar-refractivity contribution < 1.29 is 0 Å². The van der Waals surface area contributed by atoms with Crippen molar-refractivity contribution >= 4 is 98.3 Å². The molecular formula is C66H40N8. The molecule has 6 heterocycles. The second kappa shape index (κ2) is 15.7. The van der Waals surface area contributed by atoms with Crippen LogP contribution in [0.5, 0.6) is 0 Å². The number of para-hydroxylation sites is 6. The summed E-state index contributed by atoms with van der Waals surface area (Å²) in [5, 5.41) is 9.17. The zero-order valence-corrected chi connectivity index (χ0v) is 39.7. The molecule has 6 aromatic heterocycles. The zero-order valence-electron chi connectivity index (χ0n) is 39.7. The normalized spacial score (nSPS) is 12.1. The molecule has 0 saturated heterocycles. The standard InChI is InChI=1S/C66H40N8/c1-5-21-41(22-6-1)58-61-60(69-65(67-58)73-55-36-20-16-32-51(55)57-56(73)40-39-48-45-29-13-17-33-52(45)71(62(48)57)43-25-9-3-10-26-43)59(42-23-7-2-8-24-42)68-66(70-61)74-54-35-19-15-31-47(54)50-38-37-49-46-30-14-18-34-53(46)72(63(49)64(50)74)44-27-11-4-12-28-44/h1-40H. The molecule has 0 aliphatic heterocycles. The molecule has 0 aliphatic carbocycles. The summed E-state index contributed by atoms with van der Waals surface area (Å²) in [6, 6.07) is 85.8. The molecular weight excluding hydrogens is 905 g/mol. The lowest BCUT2D eigenvalue weighted by molar-refractivity contribution is 0.980. The van der Waals surface area contributed by atoms with Gasteiger partial charge in [0.25, 0.3) is 0 Å². The monoisotopic (exact) mass is 944 g/mol. The van der Waals surface area contributed by atoms with Crippen LogP contribution in [0.15, 0.2) is 243 Å². The van der Waals surface area contributed by atoms with Gasteiger partial charge in [0.15, 0.2) is 0 Å². The van der Waals surface area contributed by atoms with Gasteiger partial charge >= 0.3 is 0 Å². The van der Waals surface area contributed by atoms with Crippen LogP contribution in [-0.4, -0.2) is 38.2 Å². The Hall–Kier alpha value is -10.2. The van der Waals surface area contributed by atoms with Gasteiger partial charge in [-0.05, 0) is 54.6 Å². The summed E-state index contributed by atoms with van der Waals surface area (Å²) in [6.07, 6.45) is 0. The molecule has 344 valence electrons. The van der Waals surface area contributed by atoms with Gasteiger partial charge in [0.1, 0.15) is 22.4 Å². The Labute approximate surface area is 422 Å². The fourth-order valence-electron chi connectivity index (χ4n) is 11.9. The predicted molar refractivity (Wildman–Crippen MR) is 303 cm³/mol. The highest BCUT2D eigenvalue weighted by molar-refractivity contribution is 6.27. The van der Waals surface area contributed by atoms with Crippen molar-refractivity contribution in [2.75, 3.05) is 0 Å². The van der Waals surface area contributed by atoms with Gasteiger partial charge in [-0.15, -0.1) is 0 Å². The van der Waals surface area contributed by atoms with E-state index in [1.807, 2.05) is 12.1 Å². The second-order valence-electron chi connectivity index (χ2n) is 19.0. The minimum atomic E-state index is 0.529. The topological polar surface area (TPSA) is 71.3 Å². The van der Waals surface area contributed by atoms with E-state index in [2.05, 4.69) is 249 Å². The van der Waals surface area contributed by atoms with Crippen LogP contribution in [0.2, 0.25) is 0 Å². The maximum Gasteiger partial charge on any atom is 0.236 e. The fourth-order valence-corrected chi connectivity index (χ4v) is 11.9. The minimum Gasteiger partial charge on any atom is -0.309 e. The molecule has 0 unspecified atom stereocenters. The van der Waals surface area contributed by atoms with E-state index in [1.165, 1.54) is 16.2 Å². The van der Waals surface area contributed by atoms with Gasteiger partial charge in [-0.1, -0.05) is 188 Å². The number of benzene rings is 10. The van der Waals surface area contributed by atoms with Crippen LogP contribution in [0.1, 0.15) is 0 Å². The Kier molecular flexibility index (Phi) is 8.58. The number of fused-ring (bicyclic) bond motifs is 15. The van der Waals surface area contributed by atoms with Gasteiger partial charge in [-0.3, -0.25) is 9.13 Å². The molecule has 0 amide bonds. The zero-order chi connectivity index (χ0) is 48.4. The lowest BCUT2D eigenvalue weighted by Crippen LogP contribution is -2.09. The summed E-state index contributed by atoms with van der Waals surface area (Å²) in [6.45, 7) is 0. The first-order valence-corrected chi connectivity index (χ1v) is 25.0. The van der Waals surface area contributed by atoms with Crippen LogP contribution in [0.3, 0.4) is 0 Å². The van der Waals surface area contributed by atoms with Gasteiger partial charge in [-0.25, -0.2) is 19.9 Å². The van der Waals surface area contributed by atoms with Gasteiger partial charge in [0, 0.05) is 65.6 Å². The average Bonchev–Trinajstić information content (AvgIpc) is 4.23. The van der Waals surface area contributed by atoms with Crippen LogP contribution in [0.4, 0.5) is 0 Å². The van der Waals surface area contributed by atoms with Gasteiger partial charge in [0.2, 0.25) is 11.9 Å². The third-order valence-corrected chi connectivity index (χ3v) is 15.0. The molecule has 0 spiro atoms. The summed E-state index contributed by atoms with van der Waals surface area (Å²) in [7, 11) is 0. The van der Waals surface area contributed by atoms with E-state index in [0.717, 1.165) is 93.6 Å². The molecule has 0 atom stereocenters. The number of hydrogen-bond donors (Lipinski definition) is 0. The van der Waals surface area contributed by atoms with Crippen molar-refractivity contribution in [2.24, 2.45) is 0 Å². The number of nitrogens with zero attached hydrogens (tertiary/aromatic N) is 8.